The van der Waals surface area contributed by atoms with Gasteiger partial charge < -0.3 is 10.2 Å². The van der Waals surface area contributed by atoms with E-state index in [2.05, 4.69) is 23.6 Å². The van der Waals surface area contributed by atoms with Crippen molar-refractivity contribution in [2.45, 2.75) is 70.6 Å². The average Bonchev–Trinajstić information content (AvgIpc) is 2.97. The largest absolute Gasteiger partial charge is 0.322 e. The van der Waals surface area contributed by atoms with Crippen molar-refractivity contribution in [3.05, 3.63) is 34.9 Å². The molecule has 0 bridgehead atoms. The van der Waals surface area contributed by atoms with Crippen LogP contribution in [0.25, 0.3) is 0 Å². The van der Waals surface area contributed by atoms with Crippen LogP contribution in [0, 0.1) is 5.92 Å². The van der Waals surface area contributed by atoms with Crippen molar-refractivity contribution >= 4 is 17.7 Å². The molecular formula is C21H27N3O3. The van der Waals surface area contributed by atoms with E-state index in [0.717, 1.165) is 12.1 Å². The topological polar surface area (TPSA) is 78.5 Å². The molecule has 1 aromatic rings. The van der Waals surface area contributed by atoms with E-state index < -0.39 is 6.04 Å². The van der Waals surface area contributed by atoms with Crippen LogP contribution < -0.4 is 10.6 Å². The summed E-state index contributed by atoms with van der Waals surface area (Å²) in [6, 6.07) is 5.98. The molecule has 6 heteroatoms. The van der Waals surface area contributed by atoms with Crippen LogP contribution in [0.4, 0.5) is 0 Å². The SMILES string of the molecule is C[C@H]1CCCC[C@@H]1NCc1ccc2c(c1)CN(C1CCC(=O)NC1=O)C2=O. The second-order valence-corrected chi connectivity index (χ2v) is 8.14. The van der Waals surface area contributed by atoms with E-state index in [9.17, 15) is 14.4 Å². The molecule has 1 saturated heterocycles. The molecule has 2 aliphatic heterocycles. The van der Waals surface area contributed by atoms with Gasteiger partial charge in [0.2, 0.25) is 11.8 Å². The Labute approximate surface area is 159 Å². The number of carbonyl (C=O) groups excluding carboxylic acids is 3. The summed E-state index contributed by atoms with van der Waals surface area (Å²) < 4.78 is 0. The first-order valence-electron chi connectivity index (χ1n) is 10.0. The Morgan fingerprint density at radius 1 is 1.15 bits per heavy atom. The van der Waals surface area contributed by atoms with Gasteiger partial charge >= 0.3 is 0 Å². The lowest BCUT2D eigenvalue weighted by Crippen LogP contribution is -2.52. The fourth-order valence-corrected chi connectivity index (χ4v) is 4.61. The molecule has 2 heterocycles. The second kappa shape index (κ2) is 7.43. The maximum atomic E-state index is 12.7. The van der Waals surface area contributed by atoms with Crippen LogP contribution in [0.15, 0.2) is 18.2 Å². The number of rotatable bonds is 4. The first-order valence-corrected chi connectivity index (χ1v) is 10.0. The van der Waals surface area contributed by atoms with E-state index in [1.54, 1.807) is 4.90 Å². The zero-order valence-electron chi connectivity index (χ0n) is 15.8. The molecule has 0 spiro atoms. The number of fused-ring (bicyclic) bond motifs is 1. The molecule has 27 heavy (non-hydrogen) atoms. The molecule has 1 aliphatic carbocycles. The van der Waals surface area contributed by atoms with E-state index in [1.165, 1.54) is 31.2 Å². The number of amides is 3. The minimum Gasteiger partial charge on any atom is -0.322 e. The predicted molar refractivity (Wildman–Crippen MR) is 101 cm³/mol. The van der Waals surface area contributed by atoms with Gasteiger partial charge in [-0.25, -0.2) is 0 Å². The van der Waals surface area contributed by atoms with Gasteiger partial charge in [-0.1, -0.05) is 31.9 Å². The Hall–Kier alpha value is -2.21. The second-order valence-electron chi connectivity index (χ2n) is 8.14. The van der Waals surface area contributed by atoms with E-state index in [1.807, 2.05) is 12.1 Å². The highest BCUT2D eigenvalue weighted by Crippen LogP contribution is 2.29. The number of nitrogens with one attached hydrogen (secondary N) is 2. The summed E-state index contributed by atoms with van der Waals surface area (Å²) in [7, 11) is 0. The minimum absolute atomic E-state index is 0.111. The first-order chi connectivity index (χ1) is 13.0. The van der Waals surface area contributed by atoms with Crippen molar-refractivity contribution in [1.29, 1.82) is 0 Å². The first kappa shape index (κ1) is 18.2. The quantitative estimate of drug-likeness (QED) is 0.797. The number of piperidine rings is 1. The molecule has 3 amide bonds. The van der Waals surface area contributed by atoms with Crippen molar-refractivity contribution in [3.8, 4) is 0 Å². The van der Waals surface area contributed by atoms with E-state index >= 15 is 0 Å². The van der Waals surface area contributed by atoms with Crippen LogP contribution in [0.2, 0.25) is 0 Å². The van der Waals surface area contributed by atoms with Gasteiger partial charge in [0, 0.05) is 31.1 Å². The smallest absolute Gasteiger partial charge is 0.255 e. The summed E-state index contributed by atoms with van der Waals surface area (Å²) in [5, 5.41) is 6.02. The van der Waals surface area contributed by atoms with Gasteiger partial charge in [0.15, 0.2) is 0 Å². The molecule has 3 aliphatic rings. The fraction of sp³-hybridized carbons (Fsp3) is 0.571. The Morgan fingerprint density at radius 2 is 1.96 bits per heavy atom. The standard InChI is InChI=1S/C21H27N3O3/c1-13-4-2-3-5-17(13)22-11-14-6-7-16-15(10-14)12-24(21(16)27)18-8-9-19(25)23-20(18)26/h6-7,10,13,17-18,22H,2-5,8-9,11-12H2,1H3,(H,23,25,26)/t13-,17-,18?/m0/s1. The van der Waals surface area contributed by atoms with Gasteiger partial charge in [0.05, 0.1) is 0 Å². The Morgan fingerprint density at radius 3 is 2.74 bits per heavy atom. The number of nitrogens with zero attached hydrogens (tertiary/aromatic N) is 1. The van der Waals surface area contributed by atoms with Crippen molar-refractivity contribution < 1.29 is 14.4 Å². The van der Waals surface area contributed by atoms with Crippen LogP contribution in [0.3, 0.4) is 0 Å². The number of benzene rings is 1. The van der Waals surface area contributed by atoms with E-state index in [0.29, 0.717) is 30.5 Å². The molecule has 1 unspecified atom stereocenters. The highest BCUT2D eigenvalue weighted by Gasteiger charge is 2.39. The number of imide groups is 1. The maximum Gasteiger partial charge on any atom is 0.255 e. The minimum atomic E-state index is -0.549. The molecule has 2 N–H and O–H groups in total. The molecule has 0 aromatic heterocycles. The van der Waals surface area contributed by atoms with Crippen LogP contribution >= 0.6 is 0 Å². The molecular weight excluding hydrogens is 342 g/mol. The molecule has 3 atom stereocenters. The molecule has 2 fully saturated rings. The summed E-state index contributed by atoms with van der Waals surface area (Å²) in [6.45, 7) is 3.55. The third kappa shape index (κ3) is 3.63. The Balaban J connectivity index is 1.43. The Bertz CT molecular complexity index is 776. The zero-order chi connectivity index (χ0) is 19.0. The highest BCUT2D eigenvalue weighted by atomic mass is 16.2. The normalized spacial score (nSPS) is 28.3. The predicted octanol–water partition coefficient (Wildman–Crippen LogP) is 2.12. The van der Waals surface area contributed by atoms with Gasteiger partial charge in [0.1, 0.15) is 6.04 Å². The molecule has 144 valence electrons. The third-order valence-electron chi connectivity index (χ3n) is 6.27. The maximum absolute atomic E-state index is 12.7. The van der Waals surface area contributed by atoms with Crippen LogP contribution in [0.5, 0.6) is 0 Å². The zero-order valence-corrected chi connectivity index (χ0v) is 15.8. The van der Waals surface area contributed by atoms with Crippen molar-refractivity contribution in [2.75, 3.05) is 0 Å². The van der Waals surface area contributed by atoms with Gasteiger partial charge in [-0.2, -0.15) is 0 Å². The molecule has 1 saturated carbocycles. The van der Waals surface area contributed by atoms with Gasteiger partial charge in [0.25, 0.3) is 5.91 Å². The molecule has 0 radical (unpaired) electrons. The van der Waals surface area contributed by atoms with Crippen molar-refractivity contribution in [3.63, 3.8) is 0 Å². The summed E-state index contributed by atoms with van der Waals surface area (Å²) in [4.78, 5) is 37.8. The van der Waals surface area contributed by atoms with E-state index in [4.69, 9.17) is 0 Å². The van der Waals surface area contributed by atoms with E-state index in [-0.39, 0.29) is 24.1 Å². The number of hydrogen-bond acceptors (Lipinski definition) is 4. The third-order valence-corrected chi connectivity index (χ3v) is 6.27. The van der Waals surface area contributed by atoms with Crippen LogP contribution in [-0.4, -0.2) is 34.7 Å². The highest BCUT2D eigenvalue weighted by molar-refractivity contribution is 6.05. The van der Waals surface area contributed by atoms with Gasteiger partial charge in [-0.05, 0) is 42.4 Å². The number of hydrogen-bond donors (Lipinski definition) is 2. The van der Waals surface area contributed by atoms with Gasteiger partial charge in [-0.3, -0.25) is 19.7 Å². The molecule has 1 aromatic carbocycles. The Kier molecular flexibility index (Phi) is 5.00. The molecule has 6 nitrogen and oxygen atoms in total. The van der Waals surface area contributed by atoms with Crippen LogP contribution in [0.1, 0.15) is 66.9 Å². The van der Waals surface area contributed by atoms with Crippen molar-refractivity contribution in [1.82, 2.24) is 15.5 Å². The van der Waals surface area contributed by atoms with Gasteiger partial charge in [-0.15, -0.1) is 0 Å². The molecule has 4 rings (SSSR count). The summed E-state index contributed by atoms with van der Waals surface area (Å²) in [5.41, 5.74) is 2.82. The van der Waals surface area contributed by atoms with Crippen molar-refractivity contribution in [2.24, 2.45) is 5.92 Å². The van der Waals surface area contributed by atoms with Crippen LogP contribution in [-0.2, 0) is 22.7 Å². The lowest BCUT2D eigenvalue weighted by Gasteiger charge is -2.29. The lowest BCUT2D eigenvalue weighted by molar-refractivity contribution is -0.136. The summed E-state index contributed by atoms with van der Waals surface area (Å²) >= 11 is 0. The average molecular weight is 369 g/mol. The summed E-state index contributed by atoms with van der Waals surface area (Å²) in [5.74, 6) is -0.0241. The monoisotopic (exact) mass is 369 g/mol. The number of carbonyl (C=O) groups is 3. The summed E-state index contributed by atoms with van der Waals surface area (Å²) in [6.07, 6.45) is 5.83. The fourth-order valence-electron chi connectivity index (χ4n) is 4.61. The lowest BCUT2D eigenvalue weighted by atomic mass is 9.86.